The van der Waals surface area contributed by atoms with Crippen molar-refractivity contribution in [1.82, 2.24) is 10.2 Å². The molecular weight excluding hydrogens is 236 g/mol. The van der Waals surface area contributed by atoms with E-state index in [1.165, 1.54) is 25.7 Å². The van der Waals surface area contributed by atoms with E-state index in [1.54, 1.807) is 0 Å². The molecule has 1 spiro atoms. The van der Waals surface area contributed by atoms with Gasteiger partial charge in [-0.3, -0.25) is 10.1 Å². The second kappa shape index (κ2) is 4.76. The van der Waals surface area contributed by atoms with Crippen molar-refractivity contribution in [2.24, 2.45) is 11.8 Å². The van der Waals surface area contributed by atoms with Crippen molar-refractivity contribution in [2.75, 3.05) is 0 Å². The van der Waals surface area contributed by atoms with Crippen molar-refractivity contribution in [3.05, 3.63) is 0 Å². The maximum atomic E-state index is 12.7. The molecule has 19 heavy (non-hydrogen) atoms. The van der Waals surface area contributed by atoms with Crippen LogP contribution in [0, 0.1) is 11.8 Å². The topological polar surface area (TPSA) is 32.3 Å². The van der Waals surface area contributed by atoms with E-state index in [9.17, 15) is 4.79 Å². The maximum absolute atomic E-state index is 12.7. The van der Waals surface area contributed by atoms with Gasteiger partial charge in [0, 0.05) is 6.04 Å². The van der Waals surface area contributed by atoms with Crippen molar-refractivity contribution >= 4 is 5.91 Å². The van der Waals surface area contributed by atoms with Gasteiger partial charge in [-0.1, -0.05) is 20.8 Å². The zero-order valence-corrected chi connectivity index (χ0v) is 12.6. The molecule has 1 heterocycles. The molecule has 108 valence electrons. The van der Waals surface area contributed by atoms with Crippen LogP contribution < -0.4 is 5.32 Å². The average Bonchev–Trinajstić information content (AvgIpc) is 3.06. The van der Waals surface area contributed by atoms with Gasteiger partial charge in [0.05, 0.1) is 11.7 Å². The van der Waals surface area contributed by atoms with E-state index in [-0.39, 0.29) is 5.54 Å². The molecule has 3 rings (SSSR count). The Hall–Kier alpha value is -0.570. The van der Waals surface area contributed by atoms with Gasteiger partial charge < -0.3 is 4.90 Å². The molecule has 0 aromatic carbocycles. The summed E-state index contributed by atoms with van der Waals surface area (Å²) in [6.07, 6.45) is 8.50. The summed E-state index contributed by atoms with van der Waals surface area (Å²) in [5.41, 5.74) is -0.136. The summed E-state index contributed by atoms with van der Waals surface area (Å²) < 4.78 is 0. The Morgan fingerprint density at radius 2 is 1.89 bits per heavy atom. The molecule has 1 aliphatic heterocycles. The zero-order chi connectivity index (χ0) is 13.6. The predicted octanol–water partition coefficient (Wildman–Crippen LogP) is 2.90. The zero-order valence-electron chi connectivity index (χ0n) is 12.6. The van der Waals surface area contributed by atoms with Crippen molar-refractivity contribution < 1.29 is 4.79 Å². The molecular formula is C16H28N2O. The third-order valence-corrected chi connectivity index (χ3v) is 5.25. The SMILES string of the molecule is CC(C)CC1NC2(CC2)C(=O)N1C1CCC(C)CC1. The quantitative estimate of drug-likeness (QED) is 0.850. The average molecular weight is 264 g/mol. The van der Waals surface area contributed by atoms with Gasteiger partial charge in [-0.2, -0.15) is 0 Å². The Balaban J connectivity index is 1.74. The molecule has 3 nitrogen and oxygen atoms in total. The minimum Gasteiger partial charge on any atom is -0.323 e. The number of hydrogen-bond donors (Lipinski definition) is 1. The Labute approximate surface area is 117 Å². The number of nitrogens with zero attached hydrogens (tertiary/aromatic N) is 1. The van der Waals surface area contributed by atoms with Crippen LogP contribution in [0.2, 0.25) is 0 Å². The molecule has 3 fully saturated rings. The minimum absolute atomic E-state index is 0.136. The first-order valence-corrected chi connectivity index (χ1v) is 8.12. The van der Waals surface area contributed by atoms with Crippen molar-refractivity contribution in [2.45, 2.75) is 83.5 Å². The number of carbonyl (C=O) groups excluding carboxylic acids is 1. The van der Waals surface area contributed by atoms with E-state index in [4.69, 9.17) is 0 Å². The van der Waals surface area contributed by atoms with Gasteiger partial charge in [0.2, 0.25) is 5.91 Å². The Bertz CT molecular complexity index is 354. The number of amides is 1. The summed E-state index contributed by atoms with van der Waals surface area (Å²) in [5, 5.41) is 3.66. The van der Waals surface area contributed by atoms with Gasteiger partial charge in [0.15, 0.2) is 0 Å². The molecule has 2 aliphatic carbocycles. The standard InChI is InChI=1S/C16H28N2O/c1-11(2)10-14-17-16(8-9-16)15(19)18(14)13-6-4-12(3)5-7-13/h11-14,17H,4-10H2,1-3H3. The third kappa shape index (κ3) is 2.42. The Morgan fingerprint density at radius 3 is 2.42 bits per heavy atom. The number of nitrogens with one attached hydrogen (secondary N) is 1. The normalized spacial score (nSPS) is 37.4. The largest absolute Gasteiger partial charge is 0.323 e. The summed E-state index contributed by atoms with van der Waals surface area (Å²) in [7, 11) is 0. The molecule has 0 aromatic heterocycles. The highest BCUT2D eigenvalue weighted by molar-refractivity contribution is 5.92. The lowest BCUT2D eigenvalue weighted by atomic mass is 9.86. The van der Waals surface area contributed by atoms with Crippen LogP contribution >= 0.6 is 0 Å². The molecule has 1 amide bonds. The fraction of sp³-hybridized carbons (Fsp3) is 0.938. The van der Waals surface area contributed by atoms with Crippen LogP contribution in [0.25, 0.3) is 0 Å². The first-order valence-electron chi connectivity index (χ1n) is 8.12. The second-order valence-corrected chi connectivity index (χ2v) is 7.50. The molecule has 1 saturated heterocycles. The lowest BCUT2D eigenvalue weighted by Gasteiger charge is -2.37. The first kappa shape index (κ1) is 13.4. The first-order chi connectivity index (χ1) is 9.02. The highest BCUT2D eigenvalue weighted by Gasteiger charge is 2.60. The van der Waals surface area contributed by atoms with Crippen LogP contribution in [0.1, 0.15) is 65.7 Å². The lowest BCUT2D eigenvalue weighted by molar-refractivity contribution is -0.134. The lowest BCUT2D eigenvalue weighted by Crippen LogP contribution is -2.46. The van der Waals surface area contributed by atoms with Crippen LogP contribution in [0.3, 0.4) is 0 Å². The molecule has 1 unspecified atom stereocenters. The Kier molecular flexibility index (Phi) is 3.36. The van der Waals surface area contributed by atoms with Crippen molar-refractivity contribution in [3.8, 4) is 0 Å². The molecule has 1 atom stereocenters. The molecule has 3 aliphatic rings. The molecule has 0 radical (unpaired) electrons. The molecule has 3 heteroatoms. The summed E-state index contributed by atoms with van der Waals surface area (Å²) >= 11 is 0. The van der Waals surface area contributed by atoms with Gasteiger partial charge in [0.25, 0.3) is 0 Å². The fourth-order valence-corrected chi connectivity index (χ4v) is 3.88. The highest BCUT2D eigenvalue weighted by Crippen LogP contribution is 2.45. The smallest absolute Gasteiger partial charge is 0.244 e. The van der Waals surface area contributed by atoms with E-state index in [1.807, 2.05) is 0 Å². The van der Waals surface area contributed by atoms with Crippen LogP contribution in [0.15, 0.2) is 0 Å². The summed E-state index contributed by atoms with van der Waals surface area (Å²) in [4.78, 5) is 15.0. The number of rotatable bonds is 3. The minimum atomic E-state index is -0.136. The molecule has 2 saturated carbocycles. The van der Waals surface area contributed by atoms with E-state index < -0.39 is 0 Å². The van der Waals surface area contributed by atoms with Gasteiger partial charge in [-0.15, -0.1) is 0 Å². The maximum Gasteiger partial charge on any atom is 0.244 e. The van der Waals surface area contributed by atoms with Gasteiger partial charge in [-0.25, -0.2) is 0 Å². The van der Waals surface area contributed by atoms with Gasteiger partial charge in [-0.05, 0) is 56.8 Å². The van der Waals surface area contributed by atoms with Gasteiger partial charge in [0.1, 0.15) is 0 Å². The highest BCUT2D eigenvalue weighted by atomic mass is 16.2. The number of hydrogen-bond acceptors (Lipinski definition) is 2. The Morgan fingerprint density at radius 1 is 1.26 bits per heavy atom. The summed E-state index contributed by atoms with van der Waals surface area (Å²) in [5.74, 6) is 1.90. The third-order valence-electron chi connectivity index (χ3n) is 5.25. The monoisotopic (exact) mass is 264 g/mol. The van der Waals surface area contributed by atoms with Crippen LogP contribution in [0.4, 0.5) is 0 Å². The van der Waals surface area contributed by atoms with E-state index in [0.717, 1.165) is 25.2 Å². The number of carbonyl (C=O) groups is 1. The van der Waals surface area contributed by atoms with Gasteiger partial charge >= 0.3 is 0 Å². The van der Waals surface area contributed by atoms with Crippen molar-refractivity contribution in [1.29, 1.82) is 0 Å². The van der Waals surface area contributed by atoms with Crippen LogP contribution in [-0.2, 0) is 4.79 Å². The summed E-state index contributed by atoms with van der Waals surface area (Å²) in [6.45, 7) is 6.85. The molecule has 0 aromatic rings. The molecule has 1 N–H and O–H groups in total. The molecule has 0 bridgehead atoms. The fourth-order valence-electron chi connectivity index (χ4n) is 3.88. The predicted molar refractivity (Wildman–Crippen MR) is 76.6 cm³/mol. The van der Waals surface area contributed by atoms with Crippen LogP contribution in [-0.4, -0.2) is 28.6 Å². The van der Waals surface area contributed by atoms with E-state index in [0.29, 0.717) is 24.0 Å². The van der Waals surface area contributed by atoms with Crippen molar-refractivity contribution in [3.63, 3.8) is 0 Å². The van der Waals surface area contributed by atoms with E-state index >= 15 is 0 Å². The summed E-state index contributed by atoms with van der Waals surface area (Å²) in [6, 6.07) is 0.500. The van der Waals surface area contributed by atoms with E-state index in [2.05, 4.69) is 31.0 Å². The van der Waals surface area contributed by atoms with Crippen LogP contribution in [0.5, 0.6) is 0 Å². The second-order valence-electron chi connectivity index (χ2n) is 7.50.